The molecule has 0 heterocycles. The number of hydrogen-bond acceptors (Lipinski definition) is 1. The molecule has 0 spiro atoms. The molecule has 0 bridgehead atoms. The van der Waals surface area contributed by atoms with Crippen LogP contribution in [0.5, 0.6) is 0 Å². The number of hydrogen-bond donors (Lipinski definition) is 1. The van der Waals surface area contributed by atoms with Crippen molar-refractivity contribution in [2.24, 2.45) is 0 Å². The Morgan fingerprint density at radius 3 is 2.04 bits per heavy atom. The standard InChI is InChI=1S/C21H26FNO/c1-21(2,3)18-9-4-16(5-10-18)8-13-20(24)23-15-14-17-6-11-19(22)12-7-17/h4-7,9-12H,8,13-15H2,1-3H3,(H,23,24). The molecule has 0 aliphatic heterocycles. The summed E-state index contributed by atoms with van der Waals surface area (Å²) in [6, 6.07) is 14.9. The van der Waals surface area contributed by atoms with E-state index in [4.69, 9.17) is 0 Å². The number of nitrogens with one attached hydrogen (secondary N) is 1. The summed E-state index contributed by atoms with van der Waals surface area (Å²) in [5.41, 5.74) is 3.65. The lowest BCUT2D eigenvalue weighted by atomic mass is 9.86. The highest BCUT2D eigenvalue weighted by Crippen LogP contribution is 2.22. The molecule has 24 heavy (non-hydrogen) atoms. The molecule has 0 saturated carbocycles. The molecular formula is C21H26FNO. The molecule has 0 aliphatic carbocycles. The van der Waals surface area contributed by atoms with Crippen LogP contribution in [-0.4, -0.2) is 12.5 Å². The van der Waals surface area contributed by atoms with Crippen LogP contribution >= 0.6 is 0 Å². The Hall–Kier alpha value is -2.16. The Morgan fingerprint density at radius 1 is 0.917 bits per heavy atom. The maximum absolute atomic E-state index is 12.8. The lowest BCUT2D eigenvalue weighted by Gasteiger charge is -2.19. The van der Waals surface area contributed by atoms with Crippen molar-refractivity contribution in [3.8, 4) is 0 Å². The molecule has 0 atom stereocenters. The van der Waals surface area contributed by atoms with Gasteiger partial charge >= 0.3 is 0 Å². The molecule has 2 aromatic rings. The van der Waals surface area contributed by atoms with Crippen molar-refractivity contribution < 1.29 is 9.18 Å². The van der Waals surface area contributed by atoms with Crippen LogP contribution in [0.2, 0.25) is 0 Å². The largest absolute Gasteiger partial charge is 0.356 e. The van der Waals surface area contributed by atoms with Crippen LogP contribution in [0.15, 0.2) is 48.5 Å². The molecule has 0 aromatic heterocycles. The monoisotopic (exact) mass is 327 g/mol. The Morgan fingerprint density at radius 2 is 1.46 bits per heavy atom. The summed E-state index contributed by atoms with van der Waals surface area (Å²) in [6.45, 7) is 7.15. The van der Waals surface area contributed by atoms with Gasteiger partial charge in [-0.1, -0.05) is 57.2 Å². The van der Waals surface area contributed by atoms with Gasteiger partial charge in [-0.05, 0) is 47.1 Å². The summed E-state index contributed by atoms with van der Waals surface area (Å²) in [4.78, 5) is 11.9. The average molecular weight is 327 g/mol. The van der Waals surface area contributed by atoms with Crippen LogP contribution in [0.4, 0.5) is 4.39 Å². The molecule has 0 fully saturated rings. The minimum Gasteiger partial charge on any atom is -0.356 e. The molecule has 0 unspecified atom stereocenters. The highest BCUT2D eigenvalue weighted by Gasteiger charge is 2.12. The number of carbonyl (C=O) groups is 1. The van der Waals surface area contributed by atoms with Crippen molar-refractivity contribution >= 4 is 5.91 Å². The highest BCUT2D eigenvalue weighted by molar-refractivity contribution is 5.76. The van der Waals surface area contributed by atoms with Gasteiger partial charge in [0.2, 0.25) is 5.91 Å². The highest BCUT2D eigenvalue weighted by atomic mass is 19.1. The zero-order chi connectivity index (χ0) is 17.6. The Kier molecular flexibility index (Phi) is 6.13. The predicted octanol–water partition coefficient (Wildman–Crippen LogP) is 4.41. The second-order valence-corrected chi connectivity index (χ2v) is 7.17. The van der Waals surface area contributed by atoms with E-state index in [1.54, 1.807) is 12.1 Å². The van der Waals surface area contributed by atoms with Gasteiger partial charge in [0.05, 0.1) is 0 Å². The maximum Gasteiger partial charge on any atom is 0.220 e. The first-order chi connectivity index (χ1) is 11.3. The second kappa shape index (κ2) is 8.09. The van der Waals surface area contributed by atoms with E-state index in [0.29, 0.717) is 19.4 Å². The predicted molar refractivity (Wildman–Crippen MR) is 96.6 cm³/mol. The molecule has 1 N–H and O–H groups in total. The van der Waals surface area contributed by atoms with Gasteiger partial charge in [0, 0.05) is 13.0 Å². The van der Waals surface area contributed by atoms with E-state index >= 15 is 0 Å². The third-order valence-electron chi connectivity index (χ3n) is 4.11. The summed E-state index contributed by atoms with van der Waals surface area (Å²) < 4.78 is 12.8. The Bertz CT molecular complexity index is 654. The minimum atomic E-state index is -0.236. The van der Waals surface area contributed by atoms with Crippen molar-refractivity contribution in [1.29, 1.82) is 0 Å². The van der Waals surface area contributed by atoms with Crippen molar-refractivity contribution in [2.75, 3.05) is 6.54 Å². The van der Waals surface area contributed by atoms with Gasteiger partial charge in [0.25, 0.3) is 0 Å². The summed E-state index contributed by atoms with van der Waals surface area (Å²) in [5, 5.41) is 2.92. The molecule has 0 radical (unpaired) electrons. The van der Waals surface area contributed by atoms with Crippen LogP contribution in [-0.2, 0) is 23.1 Å². The second-order valence-electron chi connectivity index (χ2n) is 7.17. The molecule has 2 nitrogen and oxygen atoms in total. The third-order valence-corrected chi connectivity index (χ3v) is 4.11. The van der Waals surface area contributed by atoms with Gasteiger partial charge in [0.15, 0.2) is 0 Å². The van der Waals surface area contributed by atoms with E-state index in [0.717, 1.165) is 12.0 Å². The van der Waals surface area contributed by atoms with Gasteiger partial charge in [-0.25, -0.2) is 4.39 Å². The number of benzene rings is 2. The van der Waals surface area contributed by atoms with Crippen molar-refractivity contribution in [2.45, 2.75) is 45.4 Å². The first-order valence-electron chi connectivity index (χ1n) is 8.45. The topological polar surface area (TPSA) is 29.1 Å². The smallest absolute Gasteiger partial charge is 0.220 e. The number of amides is 1. The molecule has 0 aliphatic rings. The van der Waals surface area contributed by atoms with Crippen LogP contribution in [0.25, 0.3) is 0 Å². The fraction of sp³-hybridized carbons (Fsp3) is 0.381. The number of rotatable bonds is 6. The number of aryl methyl sites for hydroxylation is 1. The number of halogens is 1. The van der Waals surface area contributed by atoms with Crippen LogP contribution in [0.3, 0.4) is 0 Å². The number of carbonyl (C=O) groups excluding carboxylic acids is 1. The van der Waals surface area contributed by atoms with Crippen LogP contribution in [0, 0.1) is 5.82 Å². The Balaban J connectivity index is 1.72. The summed E-state index contributed by atoms with van der Waals surface area (Å²) >= 11 is 0. The molecule has 2 rings (SSSR count). The normalized spacial score (nSPS) is 11.3. The van der Waals surface area contributed by atoms with Crippen LogP contribution < -0.4 is 5.32 Å². The molecule has 3 heteroatoms. The quantitative estimate of drug-likeness (QED) is 0.836. The van der Waals surface area contributed by atoms with E-state index in [1.165, 1.54) is 23.3 Å². The van der Waals surface area contributed by atoms with Crippen molar-refractivity contribution in [1.82, 2.24) is 5.32 Å². The zero-order valence-corrected chi connectivity index (χ0v) is 14.7. The van der Waals surface area contributed by atoms with Crippen LogP contribution in [0.1, 0.15) is 43.9 Å². The van der Waals surface area contributed by atoms with E-state index in [9.17, 15) is 9.18 Å². The SMILES string of the molecule is CC(C)(C)c1ccc(CCC(=O)NCCc2ccc(F)cc2)cc1. The average Bonchev–Trinajstić information content (AvgIpc) is 2.54. The zero-order valence-electron chi connectivity index (χ0n) is 14.7. The van der Waals surface area contributed by atoms with Gasteiger partial charge in [-0.2, -0.15) is 0 Å². The van der Waals surface area contributed by atoms with Gasteiger partial charge < -0.3 is 5.32 Å². The fourth-order valence-electron chi connectivity index (χ4n) is 2.51. The van der Waals surface area contributed by atoms with Gasteiger partial charge in [0.1, 0.15) is 5.82 Å². The van der Waals surface area contributed by atoms with Gasteiger partial charge in [-0.3, -0.25) is 4.79 Å². The lowest BCUT2D eigenvalue weighted by Crippen LogP contribution is -2.25. The molecular weight excluding hydrogens is 301 g/mol. The Labute approximate surface area is 144 Å². The van der Waals surface area contributed by atoms with E-state index in [1.807, 2.05) is 0 Å². The first kappa shape index (κ1) is 18.2. The molecule has 0 saturated heterocycles. The molecule has 128 valence electrons. The lowest BCUT2D eigenvalue weighted by molar-refractivity contribution is -0.121. The summed E-state index contributed by atoms with van der Waals surface area (Å²) in [5.74, 6) is -0.183. The minimum absolute atomic E-state index is 0.0528. The first-order valence-corrected chi connectivity index (χ1v) is 8.45. The van der Waals surface area contributed by atoms with Gasteiger partial charge in [-0.15, -0.1) is 0 Å². The fourth-order valence-corrected chi connectivity index (χ4v) is 2.51. The van der Waals surface area contributed by atoms with Crippen molar-refractivity contribution in [3.63, 3.8) is 0 Å². The molecule has 2 aromatic carbocycles. The van der Waals surface area contributed by atoms with E-state index in [2.05, 4.69) is 50.4 Å². The van der Waals surface area contributed by atoms with E-state index < -0.39 is 0 Å². The molecule has 1 amide bonds. The van der Waals surface area contributed by atoms with E-state index in [-0.39, 0.29) is 17.1 Å². The maximum atomic E-state index is 12.8. The third kappa shape index (κ3) is 5.80. The summed E-state index contributed by atoms with van der Waals surface area (Å²) in [7, 11) is 0. The summed E-state index contributed by atoms with van der Waals surface area (Å²) in [6.07, 6.45) is 1.94. The van der Waals surface area contributed by atoms with Crippen molar-refractivity contribution in [3.05, 3.63) is 71.0 Å².